The fourth-order valence-corrected chi connectivity index (χ4v) is 1.15. The van der Waals surface area contributed by atoms with Crippen molar-refractivity contribution in [3.05, 3.63) is 36.5 Å². The number of aromatic nitrogens is 3. The van der Waals surface area contributed by atoms with Crippen LogP contribution in [-0.4, -0.2) is 15.0 Å². The Morgan fingerprint density at radius 3 is 2.60 bits per heavy atom. The molecule has 0 aromatic carbocycles. The summed E-state index contributed by atoms with van der Waals surface area (Å²) in [6, 6.07) is 5.31. The highest BCUT2D eigenvalue weighted by Crippen LogP contribution is 2.17. The lowest BCUT2D eigenvalue weighted by Gasteiger charge is -2.01. The summed E-state index contributed by atoms with van der Waals surface area (Å²) < 4.78 is 0. The Morgan fingerprint density at radius 1 is 1.20 bits per heavy atom. The molecule has 0 spiro atoms. The minimum atomic E-state index is 0.219. The lowest BCUT2D eigenvalue weighted by Crippen LogP contribution is -1.95. The Hall–Kier alpha value is -2.48. The highest BCUT2D eigenvalue weighted by atomic mass is 14.8. The van der Waals surface area contributed by atoms with E-state index in [2.05, 4.69) is 15.0 Å². The molecule has 0 atom stereocenters. The second-order valence-electron chi connectivity index (χ2n) is 2.87. The van der Waals surface area contributed by atoms with Gasteiger partial charge in [0.15, 0.2) is 5.69 Å². The normalized spacial score (nSPS) is 9.53. The number of nitriles is 1. The molecule has 2 N–H and O–H groups in total. The molecule has 5 heteroatoms. The molecule has 0 radical (unpaired) electrons. The second kappa shape index (κ2) is 3.72. The molecule has 0 aliphatic heterocycles. The molecule has 0 unspecified atom stereocenters. The van der Waals surface area contributed by atoms with Gasteiger partial charge in [-0.05, 0) is 12.1 Å². The highest BCUT2D eigenvalue weighted by Gasteiger charge is 2.04. The van der Waals surface area contributed by atoms with Gasteiger partial charge in [0, 0.05) is 18.0 Å². The summed E-state index contributed by atoms with van der Waals surface area (Å²) in [5.74, 6) is 0. The van der Waals surface area contributed by atoms with Crippen LogP contribution >= 0.6 is 0 Å². The summed E-state index contributed by atoms with van der Waals surface area (Å²) >= 11 is 0. The fraction of sp³-hybridized carbons (Fsp3) is 0. The van der Waals surface area contributed by atoms with Gasteiger partial charge in [0.1, 0.15) is 12.4 Å². The second-order valence-corrected chi connectivity index (χ2v) is 2.87. The molecule has 0 fully saturated rings. The zero-order valence-electron chi connectivity index (χ0n) is 7.75. The van der Waals surface area contributed by atoms with Crippen molar-refractivity contribution in [2.75, 3.05) is 5.73 Å². The summed E-state index contributed by atoms with van der Waals surface area (Å²) in [5.41, 5.74) is 7.55. The monoisotopic (exact) mass is 197 g/mol. The lowest BCUT2D eigenvalue weighted by atomic mass is 10.2. The van der Waals surface area contributed by atoms with E-state index >= 15 is 0 Å². The van der Waals surface area contributed by atoms with Crippen LogP contribution < -0.4 is 5.73 Å². The summed E-state index contributed by atoms with van der Waals surface area (Å²) in [5, 5.41) is 8.77. The number of rotatable bonds is 1. The number of hydrogen-bond acceptors (Lipinski definition) is 5. The van der Waals surface area contributed by atoms with Crippen LogP contribution in [0.4, 0.5) is 5.69 Å². The smallest absolute Gasteiger partial charge is 0.164 e. The first-order valence-electron chi connectivity index (χ1n) is 4.23. The van der Waals surface area contributed by atoms with Gasteiger partial charge in [0.25, 0.3) is 0 Å². The first-order valence-corrected chi connectivity index (χ1v) is 4.23. The van der Waals surface area contributed by atoms with E-state index < -0.39 is 0 Å². The average Bonchev–Trinajstić information content (AvgIpc) is 2.31. The number of nitrogen functional groups attached to an aromatic ring is 1. The van der Waals surface area contributed by atoms with Gasteiger partial charge in [-0.25, -0.2) is 15.0 Å². The van der Waals surface area contributed by atoms with Crippen LogP contribution in [-0.2, 0) is 0 Å². The van der Waals surface area contributed by atoms with Gasteiger partial charge in [-0.3, -0.25) is 0 Å². The molecule has 0 aliphatic carbocycles. The van der Waals surface area contributed by atoms with E-state index in [1.807, 2.05) is 6.07 Å². The zero-order chi connectivity index (χ0) is 10.7. The van der Waals surface area contributed by atoms with E-state index in [-0.39, 0.29) is 5.69 Å². The van der Waals surface area contributed by atoms with Crippen LogP contribution in [0.5, 0.6) is 0 Å². The maximum absolute atomic E-state index is 8.77. The zero-order valence-corrected chi connectivity index (χ0v) is 7.75. The number of nitrogens with two attached hydrogens (primary N) is 1. The molecule has 72 valence electrons. The van der Waals surface area contributed by atoms with Crippen molar-refractivity contribution >= 4 is 5.69 Å². The molecule has 2 aromatic heterocycles. The Labute approximate surface area is 86.2 Å². The minimum absolute atomic E-state index is 0.219. The first-order chi connectivity index (χ1) is 7.31. The Kier molecular flexibility index (Phi) is 2.25. The van der Waals surface area contributed by atoms with E-state index in [1.165, 1.54) is 6.33 Å². The maximum Gasteiger partial charge on any atom is 0.164 e. The van der Waals surface area contributed by atoms with Crippen molar-refractivity contribution < 1.29 is 0 Å². The SMILES string of the molecule is N#Cc1nc(-c2cncnc2)ccc1N. The van der Waals surface area contributed by atoms with Crippen molar-refractivity contribution in [3.63, 3.8) is 0 Å². The van der Waals surface area contributed by atoms with Crippen LogP contribution in [0.3, 0.4) is 0 Å². The van der Waals surface area contributed by atoms with Crippen LogP contribution in [0.1, 0.15) is 5.69 Å². The number of hydrogen-bond donors (Lipinski definition) is 1. The number of anilines is 1. The van der Waals surface area contributed by atoms with Crippen molar-refractivity contribution in [1.82, 2.24) is 15.0 Å². The largest absolute Gasteiger partial charge is 0.396 e. The van der Waals surface area contributed by atoms with E-state index in [9.17, 15) is 0 Å². The van der Waals surface area contributed by atoms with E-state index in [0.29, 0.717) is 11.4 Å². The molecule has 0 bridgehead atoms. The third-order valence-corrected chi connectivity index (χ3v) is 1.89. The van der Waals surface area contributed by atoms with Crippen molar-refractivity contribution in [1.29, 1.82) is 5.26 Å². The quantitative estimate of drug-likeness (QED) is 0.736. The lowest BCUT2D eigenvalue weighted by molar-refractivity contribution is 1.15. The molecular formula is C10H7N5. The molecular weight excluding hydrogens is 190 g/mol. The third-order valence-electron chi connectivity index (χ3n) is 1.89. The van der Waals surface area contributed by atoms with Crippen molar-refractivity contribution in [2.24, 2.45) is 0 Å². The Bertz CT molecular complexity index is 515. The molecule has 15 heavy (non-hydrogen) atoms. The van der Waals surface area contributed by atoms with Gasteiger partial charge >= 0.3 is 0 Å². The van der Waals surface area contributed by atoms with Crippen LogP contribution in [0, 0.1) is 11.3 Å². The van der Waals surface area contributed by atoms with Crippen LogP contribution in [0.15, 0.2) is 30.9 Å². The number of pyridine rings is 1. The first kappa shape index (κ1) is 9.09. The molecule has 2 aromatic rings. The van der Waals surface area contributed by atoms with Crippen LogP contribution in [0.2, 0.25) is 0 Å². The molecule has 2 rings (SSSR count). The predicted octanol–water partition coefficient (Wildman–Crippen LogP) is 0.992. The molecule has 2 heterocycles. The van der Waals surface area contributed by atoms with E-state index in [4.69, 9.17) is 11.0 Å². The third kappa shape index (κ3) is 1.74. The van der Waals surface area contributed by atoms with Gasteiger partial charge < -0.3 is 5.73 Å². The molecule has 0 amide bonds. The van der Waals surface area contributed by atoms with Crippen LogP contribution in [0.25, 0.3) is 11.3 Å². The van der Waals surface area contributed by atoms with E-state index in [0.717, 1.165) is 5.56 Å². The summed E-state index contributed by atoms with van der Waals surface area (Å²) in [6.45, 7) is 0. The number of nitrogens with zero attached hydrogens (tertiary/aromatic N) is 4. The summed E-state index contributed by atoms with van der Waals surface area (Å²) in [7, 11) is 0. The van der Waals surface area contributed by atoms with Gasteiger partial charge in [-0.1, -0.05) is 0 Å². The minimum Gasteiger partial charge on any atom is -0.396 e. The highest BCUT2D eigenvalue weighted by molar-refractivity contribution is 5.62. The topological polar surface area (TPSA) is 88.5 Å². The summed E-state index contributed by atoms with van der Waals surface area (Å²) in [6.07, 6.45) is 4.70. The van der Waals surface area contributed by atoms with Crippen molar-refractivity contribution in [2.45, 2.75) is 0 Å². The van der Waals surface area contributed by atoms with Crippen molar-refractivity contribution in [3.8, 4) is 17.3 Å². The predicted molar refractivity (Wildman–Crippen MR) is 54.4 cm³/mol. The Balaban J connectivity index is 2.52. The fourth-order valence-electron chi connectivity index (χ4n) is 1.15. The van der Waals surface area contributed by atoms with E-state index in [1.54, 1.807) is 24.5 Å². The van der Waals surface area contributed by atoms with Gasteiger partial charge in [-0.2, -0.15) is 5.26 Å². The van der Waals surface area contributed by atoms with Gasteiger partial charge in [0.05, 0.1) is 11.4 Å². The maximum atomic E-state index is 8.77. The molecule has 5 nitrogen and oxygen atoms in total. The molecule has 0 saturated carbocycles. The molecule has 0 saturated heterocycles. The summed E-state index contributed by atoms with van der Waals surface area (Å²) in [4.78, 5) is 11.8. The Morgan fingerprint density at radius 2 is 1.93 bits per heavy atom. The average molecular weight is 197 g/mol. The van der Waals surface area contributed by atoms with Gasteiger partial charge in [0.2, 0.25) is 0 Å². The molecule has 0 aliphatic rings. The standard InChI is InChI=1S/C10H7N5/c11-3-10-8(12)1-2-9(15-10)7-4-13-6-14-5-7/h1-2,4-6H,12H2. The van der Waals surface area contributed by atoms with Gasteiger partial charge in [-0.15, -0.1) is 0 Å².